The van der Waals surface area contributed by atoms with Crippen LogP contribution in [0.25, 0.3) is 11.3 Å². The van der Waals surface area contributed by atoms with Crippen LogP contribution in [0.4, 0.5) is 23.2 Å². The van der Waals surface area contributed by atoms with Gasteiger partial charge in [-0.1, -0.05) is 23.7 Å². The van der Waals surface area contributed by atoms with Crippen LogP contribution in [0.3, 0.4) is 0 Å². The molecule has 25 heavy (non-hydrogen) atoms. The molecule has 0 aliphatic heterocycles. The Morgan fingerprint density at radius 3 is 2.20 bits per heavy atom. The molecule has 0 aliphatic rings. The molecule has 4 nitrogen and oxygen atoms in total. The summed E-state index contributed by atoms with van der Waals surface area (Å²) < 4.78 is 53.5. The Hall–Kier alpha value is -2.87. The van der Waals surface area contributed by atoms with Crippen molar-refractivity contribution < 1.29 is 22.4 Å². The van der Waals surface area contributed by atoms with Gasteiger partial charge in [-0.25, -0.2) is 17.6 Å². The number of anilines is 1. The number of halogens is 5. The van der Waals surface area contributed by atoms with Gasteiger partial charge in [-0.15, -0.1) is 0 Å². The summed E-state index contributed by atoms with van der Waals surface area (Å²) in [6.07, 6.45) is 0. The van der Waals surface area contributed by atoms with E-state index in [1.807, 2.05) is 0 Å². The third-order valence-electron chi connectivity index (χ3n) is 3.31. The average Bonchev–Trinajstić information content (AvgIpc) is 3.07. The van der Waals surface area contributed by atoms with Crippen LogP contribution in [0.1, 0.15) is 10.5 Å². The zero-order valence-electron chi connectivity index (χ0n) is 12.2. The van der Waals surface area contributed by atoms with Crippen LogP contribution in [-0.4, -0.2) is 16.1 Å². The van der Waals surface area contributed by atoms with Crippen molar-refractivity contribution in [2.24, 2.45) is 0 Å². The molecule has 0 saturated carbocycles. The zero-order valence-corrected chi connectivity index (χ0v) is 13.0. The van der Waals surface area contributed by atoms with Crippen molar-refractivity contribution in [2.45, 2.75) is 0 Å². The molecule has 3 aromatic rings. The molecule has 0 atom stereocenters. The second kappa shape index (κ2) is 6.56. The van der Waals surface area contributed by atoms with E-state index in [9.17, 15) is 22.4 Å². The van der Waals surface area contributed by atoms with Crippen molar-refractivity contribution in [1.82, 2.24) is 10.2 Å². The Morgan fingerprint density at radius 1 is 1.00 bits per heavy atom. The number of aromatic amines is 1. The predicted octanol–water partition coefficient (Wildman–Crippen LogP) is 4.54. The summed E-state index contributed by atoms with van der Waals surface area (Å²) in [5.74, 6) is -7.67. The highest BCUT2D eigenvalue weighted by atomic mass is 35.5. The maximum Gasteiger partial charge on any atom is 0.273 e. The van der Waals surface area contributed by atoms with E-state index in [2.05, 4.69) is 10.2 Å². The van der Waals surface area contributed by atoms with Gasteiger partial charge in [0.15, 0.2) is 23.3 Å². The second-order valence-corrected chi connectivity index (χ2v) is 5.41. The minimum Gasteiger partial charge on any atom is -0.316 e. The molecular weight excluding hydrogens is 362 g/mol. The van der Waals surface area contributed by atoms with E-state index in [0.29, 0.717) is 16.3 Å². The third-order valence-corrected chi connectivity index (χ3v) is 3.56. The van der Waals surface area contributed by atoms with Crippen LogP contribution in [0.15, 0.2) is 36.4 Å². The van der Waals surface area contributed by atoms with Crippen molar-refractivity contribution in [1.29, 1.82) is 0 Å². The van der Waals surface area contributed by atoms with Gasteiger partial charge in [-0.2, -0.15) is 5.10 Å². The van der Waals surface area contributed by atoms with E-state index >= 15 is 0 Å². The number of rotatable bonds is 3. The molecule has 9 heteroatoms. The molecule has 1 amide bonds. The van der Waals surface area contributed by atoms with E-state index < -0.39 is 34.9 Å². The molecule has 0 aliphatic carbocycles. The molecule has 2 N–H and O–H groups in total. The largest absolute Gasteiger partial charge is 0.316 e. The molecular formula is C16H8ClF4N3O. The van der Waals surface area contributed by atoms with Crippen LogP contribution in [0, 0.1) is 23.3 Å². The standard InChI is InChI=1S/C16H8ClF4N3O/c17-8-3-1-7(2-4-8)11-6-12(24-23-11)16(25)22-15-13(20)9(18)5-10(19)14(15)21/h1-6H,(H,22,25)(H,23,24). The zero-order chi connectivity index (χ0) is 18.1. The van der Waals surface area contributed by atoms with Gasteiger partial charge in [-0.3, -0.25) is 9.89 Å². The molecule has 2 aromatic carbocycles. The van der Waals surface area contributed by atoms with Gasteiger partial charge in [-0.05, 0) is 18.2 Å². The van der Waals surface area contributed by atoms with Crippen molar-refractivity contribution in [3.05, 3.63) is 70.4 Å². The maximum absolute atomic E-state index is 13.6. The molecule has 0 saturated heterocycles. The third kappa shape index (κ3) is 3.34. The lowest BCUT2D eigenvalue weighted by atomic mass is 10.1. The Labute approximate surface area is 143 Å². The summed E-state index contributed by atoms with van der Waals surface area (Å²) in [4.78, 5) is 12.1. The molecule has 1 aromatic heterocycles. The summed E-state index contributed by atoms with van der Waals surface area (Å²) in [5, 5.41) is 8.57. The van der Waals surface area contributed by atoms with Crippen molar-refractivity contribution >= 4 is 23.2 Å². The number of hydrogen-bond donors (Lipinski definition) is 2. The number of nitrogens with one attached hydrogen (secondary N) is 2. The lowest BCUT2D eigenvalue weighted by Gasteiger charge is -2.07. The van der Waals surface area contributed by atoms with Crippen LogP contribution in [0.2, 0.25) is 5.02 Å². The first kappa shape index (κ1) is 17.0. The Kier molecular flexibility index (Phi) is 4.45. The smallest absolute Gasteiger partial charge is 0.273 e. The molecule has 0 fully saturated rings. The van der Waals surface area contributed by atoms with Gasteiger partial charge in [0.05, 0.1) is 5.69 Å². The van der Waals surface area contributed by atoms with Crippen LogP contribution in [0.5, 0.6) is 0 Å². The first-order chi connectivity index (χ1) is 11.9. The van der Waals surface area contributed by atoms with Crippen molar-refractivity contribution in [3.63, 3.8) is 0 Å². The number of H-pyrrole nitrogens is 1. The highest BCUT2D eigenvalue weighted by Gasteiger charge is 2.22. The number of aromatic nitrogens is 2. The normalized spacial score (nSPS) is 10.8. The van der Waals surface area contributed by atoms with Crippen LogP contribution >= 0.6 is 11.6 Å². The SMILES string of the molecule is O=C(Nc1c(F)c(F)cc(F)c1F)c1cc(-c2ccc(Cl)cc2)n[nH]1. The fourth-order valence-corrected chi connectivity index (χ4v) is 2.20. The topological polar surface area (TPSA) is 57.8 Å². The molecule has 0 bridgehead atoms. The van der Waals surface area contributed by atoms with Crippen molar-refractivity contribution in [2.75, 3.05) is 5.32 Å². The average molecular weight is 370 g/mol. The van der Waals surface area contributed by atoms with E-state index in [1.165, 1.54) is 6.07 Å². The summed E-state index contributed by atoms with van der Waals surface area (Å²) in [7, 11) is 0. The predicted molar refractivity (Wildman–Crippen MR) is 83.3 cm³/mol. The molecule has 0 spiro atoms. The van der Waals surface area contributed by atoms with E-state index in [1.54, 1.807) is 29.6 Å². The van der Waals surface area contributed by atoms with Gasteiger partial charge in [0.1, 0.15) is 11.4 Å². The van der Waals surface area contributed by atoms with Crippen molar-refractivity contribution in [3.8, 4) is 11.3 Å². The number of hydrogen-bond acceptors (Lipinski definition) is 2. The van der Waals surface area contributed by atoms with Crippen LogP contribution < -0.4 is 5.32 Å². The second-order valence-electron chi connectivity index (χ2n) is 4.97. The molecule has 1 heterocycles. The quantitative estimate of drug-likeness (QED) is 0.526. The highest BCUT2D eigenvalue weighted by Crippen LogP contribution is 2.25. The Bertz CT molecular complexity index is 931. The molecule has 128 valence electrons. The first-order valence-corrected chi connectivity index (χ1v) is 7.20. The number of nitrogens with zero attached hydrogens (tertiary/aromatic N) is 1. The van der Waals surface area contributed by atoms with Gasteiger partial charge >= 0.3 is 0 Å². The first-order valence-electron chi connectivity index (χ1n) is 6.82. The van der Waals surface area contributed by atoms with Crippen LogP contribution in [-0.2, 0) is 0 Å². The molecule has 0 radical (unpaired) electrons. The Balaban J connectivity index is 1.87. The minimum atomic E-state index is -1.70. The van der Waals surface area contributed by atoms with E-state index in [4.69, 9.17) is 11.6 Å². The molecule has 0 unspecified atom stereocenters. The lowest BCUT2D eigenvalue weighted by Crippen LogP contribution is -2.16. The molecule has 3 rings (SSSR count). The summed E-state index contributed by atoms with van der Waals surface area (Å²) in [5.41, 5.74) is -0.374. The fraction of sp³-hybridized carbons (Fsp3) is 0. The number of benzene rings is 2. The summed E-state index contributed by atoms with van der Waals surface area (Å²) in [6, 6.07) is 7.90. The summed E-state index contributed by atoms with van der Waals surface area (Å²) >= 11 is 5.78. The van der Waals surface area contributed by atoms with Gasteiger partial charge in [0.25, 0.3) is 5.91 Å². The maximum atomic E-state index is 13.6. The minimum absolute atomic E-state index is 0.0508. The van der Waals surface area contributed by atoms with Gasteiger partial charge in [0, 0.05) is 16.7 Å². The fourth-order valence-electron chi connectivity index (χ4n) is 2.07. The monoisotopic (exact) mass is 369 g/mol. The van der Waals surface area contributed by atoms with Gasteiger partial charge in [0.2, 0.25) is 0 Å². The lowest BCUT2D eigenvalue weighted by molar-refractivity contribution is 0.102. The summed E-state index contributed by atoms with van der Waals surface area (Å²) in [6.45, 7) is 0. The van der Waals surface area contributed by atoms with E-state index in [-0.39, 0.29) is 11.8 Å². The number of carbonyl (C=O) groups excluding carboxylic acids is 1. The number of carbonyl (C=O) groups is 1. The number of amides is 1. The van der Waals surface area contributed by atoms with Gasteiger partial charge < -0.3 is 5.32 Å². The highest BCUT2D eigenvalue weighted by molar-refractivity contribution is 6.30. The Morgan fingerprint density at radius 2 is 1.60 bits per heavy atom. The van der Waals surface area contributed by atoms with E-state index in [0.717, 1.165) is 0 Å².